The molecule has 1 N–H and O–H groups in total. The first kappa shape index (κ1) is 16.3. The molecule has 1 atom stereocenters. The van der Waals surface area contributed by atoms with Gasteiger partial charge >= 0.3 is 0 Å². The largest absolute Gasteiger partial charge is 0.388 e. The normalized spacial score (nSPS) is 16.2. The number of benzene rings is 2. The number of carbonyl (C=O) groups is 1. The van der Waals surface area contributed by atoms with Crippen LogP contribution in [0.3, 0.4) is 0 Å². The number of hydrogen-bond acceptors (Lipinski definition) is 4. The molecule has 26 heavy (non-hydrogen) atoms. The quantitative estimate of drug-likeness (QED) is 0.790. The van der Waals surface area contributed by atoms with Crippen molar-refractivity contribution in [2.24, 2.45) is 0 Å². The van der Waals surface area contributed by atoms with Gasteiger partial charge in [-0.1, -0.05) is 30.3 Å². The van der Waals surface area contributed by atoms with Gasteiger partial charge in [0.25, 0.3) is 5.91 Å². The summed E-state index contributed by atoms with van der Waals surface area (Å²) in [4.78, 5) is 14.7. The third kappa shape index (κ3) is 2.83. The van der Waals surface area contributed by atoms with E-state index in [1.807, 2.05) is 66.5 Å². The number of carbonyl (C=O) groups excluding carboxylic acids is 1. The van der Waals surface area contributed by atoms with Crippen molar-refractivity contribution in [1.82, 2.24) is 19.7 Å². The molecule has 0 bridgehead atoms. The predicted molar refractivity (Wildman–Crippen MR) is 101 cm³/mol. The highest BCUT2D eigenvalue weighted by atomic mass is 16.2. The lowest BCUT2D eigenvalue weighted by molar-refractivity contribution is 0.0682. The van der Waals surface area contributed by atoms with Gasteiger partial charge in [0.05, 0.1) is 12.6 Å². The van der Waals surface area contributed by atoms with Crippen LogP contribution in [0.1, 0.15) is 29.1 Å². The summed E-state index contributed by atoms with van der Waals surface area (Å²) >= 11 is 0. The fourth-order valence-electron chi connectivity index (χ4n) is 3.43. The van der Waals surface area contributed by atoms with Crippen LogP contribution < -0.4 is 5.32 Å². The fraction of sp³-hybridized carbons (Fsp3) is 0.250. The minimum absolute atomic E-state index is 0.0232. The van der Waals surface area contributed by atoms with Gasteiger partial charge in [0.15, 0.2) is 11.6 Å². The molecule has 1 aromatic heterocycles. The van der Waals surface area contributed by atoms with Gasteiger partial charge in [0, 0.05) is 30.4 Å². The van der Waals surface area contributed by atoms with Crippen LogP contribution in [0.5, 0.6) is 0 Å². The Morgan fingerprint density at radius 3 is 2.50 bits per heavy atom. The molecule has 0 unspecified atom stereocenters. The summed E-state index contributed by atoms with van der Waals surface area (Å²) in [5.74, 6) is 1.70. The maximum Gasteiger partial charge on any atom is 0.254 e. The Kier molecular flexibility index (Phi) is 4.16. The molecule has 0 saturated heterocycles. The van der Waals surface area contributed by atoms with E-state index in [9.17, 15) is 4.79 Å². The highest BCUT2D eigenvalue weighted by molar-refractivity contribution is 5.94. The zero-order valence-electron chi connectivity index (χ0n) is 14.9. The molecule has 4 rings (SSSR count). The summed E-state index contributed by atoms with van der Waals surface area (Å²) in [7, 11) is 1.86. The van der Waals surface area contributed by atoms with Gasteiger partial charge in [-0.2, -0.15) is 0 Å². The Morgan fingerprint density at radius 2 is 1.81 bits per heavy atom. The van der Waals surface area contributed by atoms with Crippen LogP contribution in [-0.2, 0) is 6.54 Å². The average molecular weight is 347 g/mol. The first-order valence-corrected chi connectivity index (χ1v) is 8.73. The molecule has 1 aliphatic rings. The van der Waals surface area contributed by atoms with E-state index in [4.69, 9.17) is 0 Å². The molecule has 2 aromatic carbocycles. The number of anilines is 1. The summed E-state index contributed by atoms with van der Waals surface area (Å²) in [5.41, 5.74) is 2.72. The highest BCUT2D eigenvalue weighted by Crippen LogP contribution is 2.28. The zero-order valence-corrected chi connectivity index (χ0v) is 14.9. The number of nitrogens with one attached hydrogen (secondary N) is 1. The van der Waals surface area contributed by atoms with E-state index in [1.54, 1.807) is 0 Å². The molecule has 0 aliphatic carbocycles. The van der Waals surface area contributed by atoms with Crippen LogP contribution in [0.15, 0.2) is 54.6 Å². The van der Waals surface area contributed by atoms with Gasteiger partial charge in [-0.3, -0.25) is 4.79 Å². The summed E-state index contributed by atoms with van der Waals surface area (Å²) in [5, 5.41) is 11.8. The number of amides is 1. The van der Waals surface area contributed by atoms with Crippen molar-refractivity contribution in [3.8, 4) is 11.4 Å². The Balaban J connectivity index is 1.60. The van der Waals surface area contributed by atoms with Crippen LogP contribution in [0.25, 0.3) is 11.4 Å². The van der Waals surface area contributed by atoms with E-state index in [1.165, 1.54) is 0 Å². The molecule has 2 heterocycles. The Bertz CT molecular complexity index is 917. The van der Waals surface area contributed by atoms with Crippen molar-refractivity contribution in [3.63, 3.8) is 0 Å². The van der Waals surface area contributed by atoms with Crippen molar-refractivity contribution in [2.75, 3.05) is 18.9 Å². The first-order chi connectivity index (χ1) is 12.7. The first-order valence-electron chi connectivity index (χ1n) is 8.73. The molecular weight excluding hydrogens is 326 g/mol. The second-order valence-electron chi connectivity index (χ2n) is 6.54. The van der Waals surface area contributed by atoms with Crippen molar-refractivity contribution >= 4 is 11.6 Å². The minimum Gasteiger partial charge on any atom is -0.388 e. The molecule has 0 spiro atoms. The van der Waals surface area contributed by atoms with Gasteiger partial charge in [0.1, 0.15) is 0 Å². The van der Waals surface area contributed by atoms with Crippen LogP contribution in [0.4, 0.5) is 5.69 Å². The van der Waals surface area contributed by atoms with E-state index in [0.29, 0.717) is 18.7 Å². The molecule has 1 aliphatic heterocycles. The third-order valence-electron chi connectivity index (χ3n) is 4.76. The fourth-order valence-corrected chi connectivity index (χ4v) is 3.43. The Morgan fingerprint density at radius 1 is 1.08 bits per heavy atom. The highest BCUT2D eigenvalue weighted by Gasteiger charge is 2.30. The Labute approximate surface area is 152 Å². The predicted octanol–water partition coefficient (Wildman–Crippen LogP) is 3.20. The van der Waals surface area contributed by atoms with E-state index >= 15 is 0 Å². The van der Waals surface area contributed by atoms with Gasteiger partial charge < -0.3 is 14.8 Å². The summed E-state index contributed by atoms with van der Waals surface area (Å²) < 4.78 is 2.14. The Hall–Kier alpha value is -3.15. The lowest BCUT2D eigenvalue weighted by Crippen LogP contribution is -2.40. The lowest BCUT2D eigenvalue weighted by Gasteiger charge is -2.32. The number of aromatic nitrogens is 3. The van der Waals surface area contributed by atoms with E-state index in [2.05, 4.69) is 27.0 Å². The molecule has 0 radical (unpaired) electrons. The molecule has 6 heteroatoms. The maximum absolute atomic E-state index is 12.9. The average Bonchev–Trinajstić information content (AvgIpc) is 3.13. The van der Waals surface area contributed by atoms with Gasteiger partial charge in [-0.05, 0) is 31.2 Å². The maximum atomic E-state index is 12.9. The summed E-state index contributed by atoms with van der Waals surface area (Å²) in [6, 6.07) is 17.7. The minimum atomic E-state index is 0.0232. The monoisotopic (exact) mass is 347 g/mol. The third-order valence-corrected chi connectivity index (χ3v) is 4.76. The molecule has 0 fully saturated rings. The zero-order chi connectivity index (χ0) is 18.1. The molecule has 3 aromatic rings. The smallest absolute Gasteiger partial charge is 0.254 e. The number of nitrogens with zero attached hydrogens (tertiary/aromatic N) is 4. The molecule has 1 amide bonds. The van der Waals surface area contributed by atoms with E-state index in [0.717, 1.165) is 22.9 Å². The lowest BCUT2D eigenvalue weighted by atomic mass is 10.1. The summed E-state index contributed by atoms with van der Waals surface area (Å²) in [6.07, 6.45) is 0. The van der Waals surface area contributed by atoms with Crippen molar-refractivity contribution in [2.45, 2.75) is 19.5 Å². The van der Waals surface area contributed by atoms with Gasteiger partial charge in [0.2, 0.25) is 0 Å². The molecule has 6 nitrogen and oxygen atoms in total. The SMILES string of the molecule is CNc1ccc(C(=O)N2Cc3nnc(-c4ccccc4)n3[C@@H](C)C2)cc1. The van der Waals surface area contributed by atoms with Crippen LogP contribution >= 0.6 is 0 Å². The van der Waals surface area contributed by atoms with Crippen LogP contribution in [0, 0.1) is 0 Å². The van der Waals surface area contributed by atoms with Crippen molar-refractivity contribution in [3.05, 3.63) is 66.0 Å². The van der Waals surface area contributed by atoms with E-state index < -0.39 is 0 Å². The summed E-state index contributed by atoms with van der Waals surface area (Å²) in [6.45, 7) is 3.21. The second kappa shape index (κ2) is 6.63. The molecular formula is C20H21N5O. The second-order valence-corrected chi connectivity index (χ2v) is 6.54. The molecule has 0 saturated carbocycles. The van der Waals surface area contributed by atoms with Crippen molar-refractivity contribution < 1.29 is 4.79 Å². The van der Waals surface area contributed by atoms with Gasteiger partial charge in [-0.25, -0.2) is 0 Å². The number of fused-ring (bicyclic) bond motifs is 1. The standard InChI is InChI=1S/C20H21N5O/c1-14-12-24(20(26)16-8-10-17(21-2)11-9-16)13-18-22-23-19(25(14)18)15-6-4-3-5-7-15/h3-11,14,21H,12-13H2,1-2H3/t14-/m0/s1. The van der Waals surface area contributed by atoms with Crippen molar-refractivity contribution in [1.29, 1.82) is 0 Å². The van der Waals surface area contributed by atoms with Gasteiger partial charge in [-0.15, -0.1) is 10.2 Å². The van der Waals surface area contributed by atoms with E-state index in [-0.39, 0.29) is 11.9 Å². The number of hydrogen-bond donors (Lipinski definition) is 1. The number of rotatable bonds is 3. The van der Waals surface area contributed by atoms with Crippen LogP contribution in [0.2, 0.25) is 0 Å². The molecule has 132 valence electrons. The van der Waals surface area contributed by atoms with Crippen LogP contribution in [-0.4, -0.2) is 39.2 Å². The topological polar surface area (TPSA) is 63.1 Å².